The summed E-state index contributed by atoms with van der Waals surface area (Å²) in [6, 6.07) is 21.0. The molecule has 0 fully saturated rings. The first-order valence-electron chi connectivity index (χ1n) is 10.6. The number of urea groups is 1. The Morgan fingerprint density at radius 3 is 2.66 bits per heavy atom. The van der Waals surface area contributed by atoms with Gasteiger partial charge in [-0.25, -0.2) is 4.79 Å². The number of nitrogens with zero attached hydrogens (tertiary/aromatic N) is 1. The number of rotatable bonds is 3. The quantitative estimate of drug-likeness (QED) is 0.490. The minimum absolute atomic E-state index is 0.241. The van der Waals surface area contributed by atoms with Gasteiger partial charge in [-0.05, 0) is 60.7 Å². The van der Waals surface area contributed by atoms with Crippen molar-refractivity contribution >= 4 is 39.2 Å². The molecule has 2 atom stereocenters. The summed E-state index contributed by atoms with van der Waals surface area (Å²) in [7, 11) is 0. The van der Waals surface area contributed by atoms with Crippen LogP contribution in [0.3, 0.4) is 0 Å². The first-order valence-corrected chi connectivity index (χ1v) is 11.3. The molecule has 0 unspecified atom stereocenters. The topological polar surface area (TPSA) is 81.7 Å². The van der Waals surface area contributed by atoms with E-state index in [9.17, 15) is 14.7 Å². The van der Waals surface area contributed by atoms with Gasteiger partial charge in [-0.15, -0.1) is 0 Å². The lowest BCUT2D eigenvalue weighted by atomic mass is 9.87. The van der Waals surface area contributed by atoms with Gasteiger partial charge >= 0.3 is 6.03 Å². The second-order valence-corrected chi connectivity index (χ2v) is 9.00. The van der Waals surface area contributed by atoms with Crippen LogP contribution in [-0.4, -0.2) is 17.0 Å². The molecule has 32 heavy (non-hydrogen) atoms. The predicted octanol–water partition coefficient (Wildman–Crippen LogP) is 4.84. The Labute approximate surface area is 194 Å². The monoisotopic (exact) mass is 491 g/mol. The number of hydrogen-bond acceptors (Lipinski definition) is 3. The van der Waals surface area contributed by atoms with Gasteiger partial charge in [0.15, 0.2) is 0 Å². The third-order valence-corrected chi connectivity index (χ3v) is 6.62. The summed E-state index contributed by atoms with van der Waals surface area (Å²) in [4.78, 5) is 28.0. The summed E-state index contributed by atoms with van der Waals surface area (Å²) >= 11 is 3.43. The van der Waals surface area contributed by atoms with Crippen molar-refractivity contribution in [3.8, 4) is 0 Å². The molecule has 0 bridgehead atoms. The zero-order valence-corrected chi connectivity index (χ0v) is 18.8. The molecule has 6 nitrogen and oxygen atoms in total. The van der Waals surface area contributed by atoms with Crippen LogP contribution >= 0.6 is 15.9 Å². The molecule has 0 spiro atoms. The Bertz CT molecular complexity index is 1200. The Morgan fingerprint density at radius 2 is 1.84 bits per heavy atom. The SMILES string of the molecule is O=C1Nc2ccc(Br)cc2[C@](O)(C(=O)N[C@H]2CCCc3ccccc32)N1c1ccccc1. The van der Waals surface area contributed by atoms with Crippen molar-refractivity contribution in [1.29, 1.82) is 0 Å². The number of amides is 3. The largest absolute Gasteiger partial charge is 0.359 e. The normalized spacial score (nSPS) is 21.9. The van der Waals surface area contributed by atoms with Gasteiger partial charge < -0.3 is 15.7 Å². The second-order valence-electron chi connectivity index (χ2n) is 8.08. The number of nitrogens with one attached hydrogen (secondary N) is 2. The molecule has 0 saturated carbocycles. The fourth-order valence-electron chi connectivity index (χ4n) is 4.62. The maximum Gasteiger partial charge on any atom is 0.329 e. The molecular formula is C25H22BrN3O3. The fraction of sp³-hybridized carbons (Fsp3) is 0.200. The lowest BCUT2D eigenvalue weighted by Crippen LogP contribution is -2.63. The Morgan fingerprint density at radius 1 is 1.09 bits per heavy atom. The number of anilines is 2. The zero-order chi connectivity index (χ0) is 22.3. The van der Waals surface area contributed by atoms with Crippen LogP contribution in [0.4, 0.5) is 16.2 Å². The number of benzene rings is 3. The van der Waals surface area contributed by atoms with Crippen LogP contribution in [0.1, 0.15) is 35.6 Å². The maximum atomic E-state index is 13.8. The first-order chi connectivity index (χ1) is 15.5. The van der Waals surface area contributed by atoms with Crippen molar-refractivity contribution in [2.24, 2.45) is 0 Å². The Balaban J connectivity index is 1.61. The van der Waals surface area contributed by atoms with Crippen LogP contribution in [0, 0.1) is 0 Å². The average Bonchev–Trinajstić information content (AvgIpc) is 2.80. The van der Waals surface area contributed by atoms with Crippen molar-refractivity contribution in [3.05, 3.63) is 94.0 Å². The number of aliphatic hydroxyl groups is 1. The smallest absolute Gasteiger partial charge is 0.329 e. The lowest BCUT2D eigenvalue weighted by molar-refractivity contribution is -0.141. The minimum Gasteiger partial charge on any atom is -0.359 e. The average molecular weight is 492 g/mol. The third kappa shape index (κ3) is 3.38. The van der Waals surface area contributed by atoms with Gasteiger partial charge in [0.05, 0.1) is 11.7 Å². The summed E-state index contributed by atoms with van der Waals surface area (Å²) in [6.07, 6.45) is 2.66. The molecule has 3 aromatic carbocycles. The second kappa shape index (κ2) is 8.07. The van der Waals surface area contributed by atoms with Crippen LogP contribution in [0.15, 0.2) is 77.3 Å². The molecule has 3 N–H and O–H groups in total. The van der Waals surface area contributed by atoms with Gasteiger partial charge in [-0.3, -0.25) is 9.69 Å². The van der Waals surface area contributed by atoms with E-state index in [0.29, 0.717) is 21.4 Å². The van der Waals surface area contributed by atoms with Gasteiger partial charge in [0.1, 0.15) is 0 Å². The van der Waals surface area contributed by atoms with Crippen LogP contribution in [0.25, 0.3) is 0 Å². The highest BCUT2D eigenvalue weighted by atomic mass is 79.9. The molecule has 1 aliphatic heterocycles. The van der Waals surface area contributed by atoms with Crippen molar-refractivity contribution in [2.45, 2.75) is 31.0 Å². The van der Waals surface area contributed by atoms with Crippen molar-refractivity contribution in [2.75, 3.05) is 10.2 Å². The third-order valence-electron chi connectivity index (χ3n) is 6.13. The molecule has 162 valence electrons. The summed E-state index contributed by atoms with van der Waals surface area (Å²) < 4.78 is 0.689. The summed E-state index contributed by atoms with van der Waals surface area (Å²) in [5, 5.41) is 17.8. The van der Waals surface area contributed by atoms with Crippen molar-refractivity contribution < 1.29 is 14.7 Å². The molecule has 5 rings (SSSR count). The number of fused-ring (bicyclic) bond motifs is 2. The van der Waals surface area contributed by atoms with Gasteiger partial charge in [0, 0.05) is 15.7 Å². The molecule has 7 heteroatoms. The van der Waals surface area contributed by atoms with E-state index in [2.05, 4.69) is 32.6 Å². The van der Waals surface area contributed by atoms with E-state index in [4.69, 9.17) is 0 Å². The highest BCUT2D eigenvalue weighted by Gasteiger charge is 2.52. The van der Waals surface area contributed by atoms with Crippen LogP contribution in [-0.2, 0) is 16.9 Å². The van der Waals surface area contributed by atoms with E-state index in [-0.39, 0.29) is 6.04 Å². The van der Waals surface area contributed by atoms with E-state index in [1.165, 1.54) is 5.56 Å². The first kappa shape index (κ1) is 20.7. The Kier molecular flexibility index (Phi) is 5.23. The maximum absolute atomic E-state index is 13.8. The van der Waals surface area contributed by atoms with E-state index < -0.39 is 17.7 Å². The highest BCUT2D eigenvalue weighted by Crippen LogP contribution is 2.41. The van der Waals surface area contributed by atoms with Crippen LogP contribution < -0.4 is 15.5 Å². The van der Waals surface area contributed by atoms with E-state index in [1.54, 1.807) is 42.5 Å². The minimum atomic E-state index is -2.23. The summed E-state index contributed by atoms with van der Waals surface area (Å²) in [6.45, 7) is 0. The van der Waals surface area contributed by atoms with Gasteiger partial charge in [0.2, 0.25) is 0 Å². The molecule has 0 aromatic heterocycles. The molecule has 0 saturated heterocycles. The number of aryl methyl sites for hydroxylation is 1. The standard InChI is InChI=1S/C25H22BrN3O3/c26-17-13-14-22-20(15-17)25(32,29(24(31)28-22)18-9-2-1-3-10-18)23(30)27-21-12-6-8-16-7-4-5-11-19(16)21/h1-5,7,9-11,13-15,21,32H,6,8,12H2,(H,27,30)(H,28,31)/t21-,25-/m0/s1. The van der Waals surface area contributed by atoms with Crippen LogP contribution in [0.2, 0.25) is 0 Å². The van der Waals surface area contributed by atoms with E-state index >= 15 is 0 Å². The van der Waals surface area contributed by atoms with Crippen molar-refractivity contribution in [3.63, 3.8) is 0 Å². The lowest BCUT2D eigenvalue weighted by Gasteiger charge is -2.43. The number of hydrogen-bond donors (Lipinski definition) is 3. The number of carbonyl (C=O) groups is 2. The predicted molar refractivity (Wildman–Crippen MR) is 126 cm³/mol. The van der Waals surface area contributed by atoms with E-state index in [1.807, 2.05) is 24.3 Å². The molecule has 3 amide bonds. The van der Waals surface area contributed by atoms with Crippen LogP contribution in [0.5, 0.6) is 0 Å². The molecule has 2 aliphatic rings. The van der Waals surface area contributed by atoms with Crippen molar-refractivity contribution in [1.82, 2.24) is 5.32 Å². The highest BCUT2D eigenvalue weighted by molar-refractivity contribution is 9.10. The molecule has 1 heterocycles. The van der Waals surface area contributed by atoms with Gasteiger partial charge in [0.25, 0.3) is 11.6 Å². The molecule has 0 radical (unpaired) electrons. The number of carbonyl (C=O) groups excluding carboxylic acids is 2. The Hall–Kier alpha value is -3.16. The molecular weight excluding hydrogens is 470 g/mol. The van der Waals surface area contributed by atoms with Gasteiger partial charge in [-0.2, -0.15) is 0 Å². The number of halogens is 1. The molecule has 3 aromatic rings. The number of para-hydroxylation sites is 1. The zero-order valence-electron chi connectivity index (χ0n) is 17.2. The summed E-state index contributed by atoms with van der Waals surface area (Å²) in [5.74, 6) is -0.641. The molecule has 1 aliphatic carbocycles. The van der Waals surface area contributed by atoms with Gasteiger partial charge in [-0.1, -0.05) is 58.4 Å². The fourth-order valence-corrected chi connectivity index (χ4v) is 4.98. The van der Waals surface area contributed by atoms with E-state index in [0.717, 1.165) is 29.7 Å². The summed E-state index contributed by atoms with van der Waals surface area (Å²) in [5.41, 5.74) is 1.13.